The number of rotatable bonds is 30. The van der Waals surface area contributed by atoms with Gasteiger partial charge in [0.25, 0.3) is 0 Å². The van der Waals surface area contributed by atoms with E-state index in [2.05, 4.69) is 55.2 Å². The van der Waals surface area contributed by atoms with Gasteiger partial charge in [-0.05, 0) is 88.6 Å². The van der Waals surface area contributed by atoms with E-state index in [-0.39, 0.29) is 81.1 Å². The number of aliphatic hydroxyl groups excluding tert-OH is 1. The van der Waals surface area contributed by atoms with E-state index in [0.717, 1.165) is 0 Å². The summed E-state index contributed by atoms with van der Waals surface area (Å²) in [5, 5.41) is 48.4. The van der Waals surface area contributed by atoms with Crippen molar-refractivity contribution in [2.24, 2.45) is 29.2 Å². The molecule has 15 N–H and O–H groups in total. The molecule has 388 valence electrons. The molecule has 8 amide bonds. The maximum absolute atomic E-state index is 14.0. The second-order valence-corrected chi connectivity index (χ2v) is 19.6. The molecule has 23 nitrogen and oxygen atoms in total. The van der Waals surface area contributed by atoms with Gasteiger partial charge in [-0.3, -0.25) is 43.8 Å². The van der Waals surface area contributed by atoms with Crippen molar-refractivity contribution < 1.29 is 53.4 Å². The fourth-order valence-corrected chi connectivity index (χ4v) is 7.85. The Labute approximate surface area is 409 Å². The van der Waals surface area contributed by atoms with Crippen LogP contribution in [-0.4, -0.2) is 166 Å². The van der Waals surface area contributed by atoms with E-state index >= 15 is 0 Å². The number of aliphatic carboxylic acids is 1. The number of carboxylic acid groups (broad SMARTS) is 1. The summed E-state index contributed by atoms with van der Waals surface area (Å²) in [6, 6.07) is -10.9. The van der Waals surface area contributed by atoms with Crippen LogP contribution in [0.4, 0.5) is 0 Å². The highest BCUT2D eigenvalue weighted by molar-refractivity contribution is 7.98. The smallest absolute Gasteiger partial charge is 0.326 e. The predicted octanol–water partition coefficient (Wildman–Crippen LogP) is -2.12. The van der Waals surface area contributed by atoms with Gasteiger partial charge in [0.05, 0.1) is 12.1 Å². The number of guanidine groups is 1. The van der Waals surface area contributed by atoms with Crippen molar-refractivity contribution in [1.29, 1.82) is 5.41 Å². The molecule has 68 heavy (non-hydrogen) atoms. The van der Waals surface area contributed by atoms with Crippen molar-refractivity contribution >= 4 is 83.6 Å². The van der Waals surface area contributed by atoms with Crippen LogP contribution in [0.5, 0.6) is 0 Å². The molecular weight excluding hydrogens is 925 g/mol. The van der Waals surface area contributed by atoms with Crippen molar-refractivity contribution in [3.05, 3.63) is 0 Å². The van der Waals surface area contributed by atoms with Crippen molar-refractivity contribution in [3.8, 4) is 0 Å². The first-order valence-corrected chi connectivity index (χ1v) is 25.1. The van der Waals surface area contributed by atoms with Gasteiger partial charge in [0.15, 0.2) is 5.96 Å². The van der Waals surface area contributed by atoms with E-state index in [1.165, 1.54) is 30.5 Å². The van der Waals surface area contributed by atoms with Gasteiger partial charge < -0.3 is 69.1 Å². The molecule has 0 spiro atoms. The summed E-state index contributed by atoms with van der Waals surface area (Å²) >= 11 is 5.64. The largest absolute Gasteiger partial charge is 0.480 e. The average Bonchev–Trinajstić information content (AvgIpc) is 3.75. The SMILES string of the molecule is CSCC[C@H](NC(=O)[C@@H](N)C(C)C)C(=O)N[C@@H](C)C(=O)N1CCC[C@H]1C(=O)N[C@@H](CCCNC(=N)N)C(=O)N[C@H](C(=O)N[C@@H](CC(C)C)C(=O)N[C@@H](CS)C(=O)N[C@@H](CC(C)C)C(=O)O)[C@@H](C)O. The highest BCUT2D eigenvalue weighted by atomic mass is 32.2. The fourth-order valence-electron chi connectivity index (χ4n) is 7.12. The molecule has 1 saturated heterocycles. The highest BCUT2D eigenvalue weighted by Crippen LogP contribution is 2.20. The lowest BCUT2D eigenvalue weighted by Gasteiger charge is -2.30. The summed E-state index contributed by atoms with van der Waals surface area (Å²) < 4.78 is 0. The minimum Gasteiger partial charge on any atom is -0.480 e. The lowest BCUT2D eigenvalue weighted by atomic mass is 10.0. The van der Waals surface area contributed by atoms with Crippen molar-refractivity contribution in [2.45, 2.75) is 161 Å². The normalized spacial score (nSPS) is 17.6. The third kappa shape index (κ3) is 21.2. The zero-order valence-corrected chi connectivity index (χ0v) is 42.5. The number of nitrogens with two attached hydrogens (primary N) is 2. The molecule has 1 fully saturated rings. The van der Waals surface area contributed by atoms with Crippen LogP contribution in [0.3, 0.4) is 0 Å². The number of carbonyl (C=O) groups excluding carboxylic acids is 8. The molecule has 1 rings (SSSR count). The summed E-state index contributed by atoms with van der Waals surface area (Å²) in [4.78, 5) is 121. The van der Waals surface area contributed by atoms with Crippen LogP contribution >= 0.6 is 24.4 Å². The first-order valence-electron chi connectivity index (χ1n) is 23.0. The van der Waals surface area contributed by atoms with Gasteiger partial charge in [-0.15, -0.1) is 0 Å². The number of aliphatic hydroxyl groups is 1. The Bertz CT molecular complexity index is 1740. The van der Waals surface area contributed by atoms with E-state index in [1.54, 1.807) is 41.5 Å². The highest BCUT2D eigenvalue weighted by Gasteiger charge is 2.40. The Hall–Kier alpha value is -4.88. The van der Waals surface area contributed by atoms with Crippen LogP contribution in [0.1, 0.15) is 100 Å². The van der Waals surface area contributed by atoms with Gasteiger partial charge in [0.2, 0.25) is 47.3 Å². The van der Waals surface area contributed by atoms with E-state index in [0.29, 0.717) is 12.2 Å². The number of nitrogens with zero attached hydrogens (tertiary/aromatic N) is 1. The molecule has 1 aliphatic rings. The average molecular weight is 1000 g/mol. The second kappa shape index (κ2) is 30.6. The summed E-state index contributed by atoms with van der Waals surface area (Å²) in [5.74, 6) is -7.64. The quantitative estimate of drug-likeness (QED) is 0.0158. The summed E-state index contributed by atoms with van der Waals surface area (Å²) in [6.45, 7) is 13.6. The topological polar surface area (TPSA) is 369 Å². The standard InChI is InChI=1S/C43H78N12O11S2/c1-21(2)18-28(36(59)53-30(20-67)37(60)52-29(42(65)66)19-22(3)4)51-40(63)33(25(8)56)54-35(58)26(12-10-15-47-43(45)46)49-38(61)31-13-11-16-55(31)41(64)24(7)48-34(57)27(14-17-68-9)50-39(62)32(44)23(5)6/h21-33,56,67H,10-20,44H2,1-9H3,(H,48,57)(H,49,61)(H,50,62)(H,51,63)(H,52,60)(H,53,59)(H,54,58)(H,65,66)(H4,45,46,47)/t24-,25+,26-,27-,28-,29-,30-,31-,32-,33-/m0/s1. The maximum atomic E-state index is 14.0. The molecule has 0 aromatic rings. The first kappa shape index (κ1) is 61.1. The number of thioether (sulfide) groups is 1. The third-order valence-corrected chi connectivity index (χ3v) is 12.0. The Kier molecular flexibility index (Phi) is 27.5. The monoisotopic (exact) mass is 1000 g/mol. The van der Waals surface area contributed by atoms with Gasteiger partial charge >= 0.3 is 5.97 Å². The first-order chi connectivity index (χ1) is 31.7. The number of nitrogens with one attached hydrogen (secondary N) is 9. The molecule has 0 unspecified atom stereocenters. The van der Waals surface area contributed by atoms with Gasteiger partial charge in [-0.1, -0.05) is 41.5 Å². The van der Waals surface area contributed by atoms with Crippen molar-refractivity contribution in [2.75, 3.05) is 30.9 Å². The van der Waals surface area contributed by atoms with Gasteiger partial charge in [0.1, 0.15) is 48.3 Å². The Morgan fingerprint density at radius 3 is 1.76 bits per heavy atom. The maximum Gasteiger partial charge on any atom is 0.326 e. The molecule has 0 saturated carbocycles. The van der Waals surface area contributed by atoms with E-state index in [1.807, 2.05) is 6.26 Å². The number of carboxylic acids is 1. The van der Waals surface area contributed by atoms with Crippen LogP contribution < -0.4 is 54.0 Å². The fraction of sp³-hybridized carbons (Fsp3) is 0.767. The van der Waals surface area contributed by atoms with E-state index in [4.69, 9.17) is 16.9 Å². The molecule has 0 aliphatic carbocycles. The van der Waals surface area contributed by atoms with Crippen LogP contribution in [-0.2, 0) is 43.2 Å². The molecule has 1 aliphatic heterocycles. The zero-order chi connectivity index (χ0) is 52.0. The predicted molar refractivity (Wildman–Crippen MR) is 261 cm³/mol. The third-order valence-electron chi connectivity index (χ3n) is 11.0. The van der Waals surface area contributed by atoms with Crippen LogP contribution in [0.15, 0.2) is 0 Å². The van der Waals surface area contributed by atoms with Crippen LogP contribution in [0.2, 0.25) is 0 Å². The number of hydrogen-bond donors (Lipinski definition) is 14. The number of hydrogen-bond acceptors (Lipinski definition) is 14. The van der Waals surface area contributed by atoms with E-state index in [9.17, 15) is 53.4 Å². The minimum atomic E-state index is -1.67. The molecule has 1 heterocycles. The molecule has 10 atom stereocenters. The Morgan fingerprint density at radius 2 is 1.24 bits per heavy atom. The van der Waals surface area contributed by atoms with Gasteiger partial charge in [0, 0.05) is 18.8 Å². The molecule has 0 aromatic heterocycles. The number of carbonyl (C=O) groups is 9. The lowest BCUT2D eigenvalue weighted by Crippen LogP contribution is -2.62. The van der Waals surface area contributed by atoms with Gasteiger partial charge in [-0.2, -0.15) is 24.4 Å². The second-order valence-electron chi connectivity index (χ2n) is 18.3. The molecule has 0 aromatic carbocycles. The molecule has 0 radical (unpaired) electrons. The van der Waals surface area contributed by atoms with Crippen LogP contribution in [0, 0.1) is 23.2 Å². The van der Waals surface area contributed by atoms with Crippen molar-refractivity contribution in [3.63, 3.8) is 0 Å². The summed E-state index contributed by atoms with van der Waals surface area (Å²) in [6.07, 6.45) is 1.49. The minimum absolute atomic E-state index is 0.0486. The number of amides is 8. The molecule has 25 heteroatoms. The summed E-state index contributed by atoms with van der Waals surface area (Å²) in [5.41, 5.74) is 11.4. The van der Waals surface area contributed by atoms with E-state index < -0.39 is 114 Å². The Balaban J connectivity index is 3.29. The van der Waals surface area contributed by atoms with Crippen molar-refractivity contribution in [1.82, 2.24) is 47.4 Å². The Morgan fingerprint density at radius 1 is 0.721 bits per heavy atom. The number of likely N-dealkylation sites (tertiary alicyclic amines) is 1. The van der Waals surface area contributed by atoms with Gasteiger partial charge in [-0.25, -0.2) is 4.79 Å². The van der Waals surface area contributed by atoms with Crippen LogP contribution in [0.25, 0.3) is 0 Å². The summed E-state index contributed by atoms with van der Waals surface area (Å²) in [7, 11) is 0. The molecule has 0 bridgehead atoms. The number of thiol groups is 1. The zero-order valence-electron chi connectivity index (χ0n) is 40.8. The molecular formula is C43H78N12O11S2. The lowest BCUT2D eigenvalue weighted by molar-refractivity contribution is -0.142.